The van der Waals surface area contributed by atoms with E-state index >= 15 is 0 Å². The largest absolute Gasteiger partial charge is 0.387 e. The van der Waals surface area contributed by atoms with Gasteiger partial charge in [-0.2, -0.15) is 0 Å². The average molecular weight is 198 g/mol. The predicted octanol–water partition coefficient (Wildman–Crippen LogP) is -0.769. The highest BCUT2D eigenvalue weighted by Gasteiger charge is 2.24. The summed E-state index contributed by atoms with van der Waals surface area (Å²) in [5.41, 5.74) is 0. The topological polar surface area (TPSA) is 77.8 Å². The van der Waals surface area contributed by atoms with Crippen molar-refractivity contribution >= 4 is 7.60 Å². The molecule has 0 fully saturated rings. The minimum absolute atomic E-state index is 0.338. The third kappa shape index (κ3) is 8.17. The fraction of sp³-hybridized carbons (Fsp3) is 1.00. The lowest BCUT2D eigenvalue weighted by atomic mass is 10.3. The number of rotatable bonds is 4. The molecule has 0 rings (SSSR count). The molecule has 0 aromatic carbocycles. The summed E-state index contributed by atoms with van der Waals surface area (Å²) in [5.74, 6) is 0. The first-order valence-corrected chi connectivity index (χ1v) is 5.43. The molecule has 1 atom stereocenters. The molecule has 0 bridgehead atoms. The van der Waals surface area contributed by atoms with Gasteiger partial charge in [0.1, 0.15) is 12.6 Å². The van der Waals surface area contributed by atoms with Crippen molar-refractivity contribution in [3.05, 3.63) is 0 Å². The summed E-state index contributed by atoms with van der Waals surface area (Å²) >= 11 is 0. The maximum Gasteiger partial charge on any atom is 0.328 e. The smallest absolute Gasteiger partial charge is 0.328 e. The molecule has 0 aliphatic rings. The van der Waals surface area contributed by atoms with Gasteiger partial charge in [0.15, 0.2) is 0 Å². The number of nitrogens with zero attached hydrogens (tertiary/aromatic N) is 1. The monoisotopic (exact) mass is 198 g/mol. The van der Waals surface area contributed by atoms with Gasteiger partial charge in [-0.25, -0.2) is 0 Å². The first-order chi connectivity index (χ1) is 5.10. The Balaban J connectivity index is 3.91. The molecule has 0 heterocycles. The molecule has 3 N–H and O–H groups in total. The van der Waals surface area contributed by atoms with E-state index in [1.165, 1.54) is 0 Å². The molecule has 0 spiro atoms. The van der Waals surface area contributed by atoms with E-state index in [9.17, 15) is 9.67 Å². The second kappa shape index (κ2) is 3.85. The first-order valence-electron chi connectivity index (χ1n) is 3.63. The molecule has 0 saturated carbocycles. The lowest BCUT2D eigenvalue weighted by Gasteiger charge is -2.26. The molecule has 74 valence electrons. The molecule has 6 heteroatoms. The summed E-state index contributed by atoms with van der Waals surface area (Å²) in [5, 5.41) is 9.21. The Morgan fingerprint density at radius 2 is 1.75 bits per heavy atom. The Bertz CT molecular complexity index is 182. The summed E-state index contributed by atoms with van der Waals surface area (Å²) in [4.78, 5) is 17.1. The van der Waals surface area contributed by atoms with Gasteiger partial charge in [-0.1, -0.05) is 0 Å². The molecule has 12 heavy (non-hydrogen) atoms. The van der Waals surface area contributed by atoms with Crippen molar-refractivity contribution in [2.45, 2.75) is 6.10 Å². The van der Waals surface area contributed by atoms with Crippen LogP contribution in [0.4, 0.5) is 0 Å². The fourth-order valence-corrected chi connectivity index (χ4v) is 1.63. The van der Waals surface area contributed by atoms with Crippen molar-refractivity contribution in [1.29, 1.82) is 0 Å². The zero-order chi connectivity index (χ0) is 9.99. The third-order valence-corrected chi connectivity index (χ3v) is 2.10. The third-order valence-electron chi connectivity index (χ3n) is 1.21. The molecule has 5 nitrogen and oxygen atoms in total. The van der Waals surface area contributed by atoms with Crippen LogP contribution in [0.25, 0.3) is 0 Å². The summed E-state index contributed by atoms with van der Waals surface area (Å²) in [6, 6.07) is 0. The molecular weight excluding hydrogens is 181 g/mol. The van der Waals surface area contributed by atoms with E-state index < -0.39 is 19.9 Å². The zero-order valence-corrected chi connectivity index (χ0v) is 8.53. The maximum atomic E-state index is 10.5. The van der Waals surface area contributed by atoms with Gasteiger partial charge in [-0.3, -0.25) is 4.57 Å². The standard InChI is InChI=1S/C6H16NO4P/c1-7(2,3)4-6(8)5-12(9,10)11/h6,8H,4-5H2,1-3H3,(H-,9,10,11)/p+1/t6-/m1/s1. The van der Waals surface area contributed by atoms with Crippen molar-refractivity contribution < 1.29 is 23.9 Å². The van der Waals surface area contributed by atoms with Gasteiger partial charge in [0, 0.05) is 0 Å². The van der Waals surface area contributed by atoms with E-state index in [0.29, 0.717) is 11.0 Å². The van der Waals surface area contributed by atoms with Crippen molar-refractivity contribution in [3.8, 4) is 0 Å². The summed E-state index contributed by atoms with van der Waals surface area (Å²) in [6.07, 6.45) is -1.39. The molecule has 0 aliphatic heterocycles. The Morgan fingerprint density at radius 1 is 1.33 bits per heavy atom. The highest BCUT2D eigenvalue weighted by Crippen LogP contribution is 2.35. The van der Waals surface area contributed by atoms with Crippen LogP contribution < -0.4 is 0 Å². The van der Waals surface area contributed by atoms with Gasteiger partial charge in [-0.05, 0) is 0 Å². The van der Waals surface area contributed by atoms with E-state index in [4.69, 9.17) is 9.79 Å². The minimum Gasteiger partial charge on any atom is -0.387 e. The highest BCUT2D eigenvalue weighted by molar-refractivity contribution is 7.51. The van der Waals surface area contributed by atoms with Crippen LogP contribution >= 0.6 is 7.60 Å². The Hall–Kier alpha value is 0.0700. The SMILES string of the molecule is C[N+](C)(C)C[C@@H](O)CP(=O)(O)O. The predicted molar refractivity (Wildman–Crippen MR) is 45.8 cm³/mol. The van der Waals surface area contributed by atoms with Crippen LogP contribution in [0.1, 0.15) is 0 Å². The molecule has 0 aromatic heterocycles. The Morgan fingerprint density at radius 3 is 2.00 bits per heavy atom. The number of quaternary nitrogens is 1. The summed E-state index contributed by atoms with van der Waals surface area (Å²) in [6.45, 7) is 0.338. The zero-order valence-electron chi connectivity index (χ0n) is 7.64. The summed E-state index contributed by atoms with van der Waals surface area (Å²) < 4.78 is 10.9. The molecule has 0 amide bonds. The van der Waals surface area contributed by atoms with E-state index in [-0.39, 0.29) is 0 Å². The number of likely N-dealkylation sites (N-methyl/N-ethyl adjacent to an activating group) is 1. The Kier molecular flexibility index (Phi) is 3.87. The second-order valence-electron chi connectivity index (χ2n) is 3.97. The van der Waals surface area contributed by atoms with Gasteiger partial charge in [-0.15, -0.1) is 0 Å². The van der Waals surface area contributed by atoms with Gasteiger partial charge in [0.25, 0.3) is 0 Å². The van der Waals surface area contributed by atoms with Crippen molar-refractivity contribution in [1.82, 2.24) is 0 Å². The molecule has 0 saturated heterocycles. The van der Waals surface area contributed by atoms with Crippen LogP contribution in [0.5, 0.6) is 0 Å². The minimum atomic E-state index is -4.07. The van der Waals surface area contributed by atoms with Crippen LogP contribution in [0.15, 0.2) is 0 Å². The number of hydrogen-bond acceptors (Lipinski definition) is 2. The van der Waals surface area contributed by atoms with Crippen molar-refractivity contribution in [3.63, 3.8) is 0 Å². The van der Waals surface area contributed by atoms with E-state index in [0.717, 1.165) is 0 Å². The molecular formula is C6H17NO4P+. The fourth-order valence-electron chi connectivity index (χ4n) is 0.965. The average Bonchev–Trinajstić information content (AvgIpc) is 1.49. The van der Waals surface area contributed by atoms with E-state index in [1.54, 1.807) is 0 Å². The lowest BCUT2D eigenvalue weighted by molar-refractivity contribution is -0.873. The van der Waals surface area contributed by atoms with Crippen LogP contribution in [-0.2, 0) is 4.57 Å². The molecule has 0 unspecified atom stereocenters. The van der Waals surface area contributed by atoms with Crippen LogP contribution in [0.2, 0.25) is 0 Å². The quantitative estimate of drug-likeness (QED) is 0.409. The molecule has 0 aromatic rings. The van der Waals surface area contributed by atoms with Gasteiger partial charge >= 0.3 is 7.60 Å². The van der Waals surface area contributed by atoms with Crippen molar-refractivity contribution in [2.75, 3.05) is 33.8 Å². The number of aliphatic hydroxyl groups is 1. The van der Waals surface area contributed by atoms with E-state index in [1.807, 2.05) is 21.1 Å². The van der Waals surface area contributed by atoms with Gasteiger partial charge in [0.2, 0.25) is 0 Å². The van der Waals surface area contributed by atoms with Crippen molar-refractivity contribution in [2.24, 2.45) is 0 Å². The Labute approximate surface area is 72.4 Å². The van der Waals surface area contributed by atoms with Gasteiger partial charge in [0.05, 0.1) is 27.3 Å². The highest BCUT2D eigenvalue weighted by atomic mass is 31.2. The maximum absolute atomic E-state index is 10.5. The van der Waals surface area contributed by atoms with E-state index in [2.05, 4.69) is 0 Å². The lowest BCUT2D eigenvalue weighted by Crippen LogP contribution is -2.42. The van der Waals surface area contributed by atoms with Crippen LogP contribution in [0.3, 0.4) is 0 Å². The van der Waals surface area contributed by atoms with Crippen LogP contribution in [-0.4, -0.2) is 59.3 Å². The van der Waals surface area contributed by atoms with Gasteiger partial charge < -0.3 is 19.4 Å². The first kappa shape index (κ1) is 12.1. The number of hydrogen-bond donors (Lipinski definition) is 3. The molecule has 0 aliphatic carbocycles. The summed E-state index contributed by atoms with van der Waals surface area (Å²) in [7, 11) is 1.48. The van der Waals surface area contributed by atoms with Crippen LogP contribution in [0, 0.1) is 0 Å². The second-order valence-corrected chi connectivity index (χ2v) is 5.67. The molecule has 0 radical (unpaired) electrons. The normalized spacial score (nSPS) is 16.2. The number of aliphatic hydroxyl groups excluding tert-OH is 1.